The number of H-pyrrole nitrogens is 1. The Balaban J connectivity index is 1.87. The second kappa shape index (κ2) is 5.48. The molecule has 0 bridgehead atoms. The second-order valence-corrected chi connectivity index (χ2v) is 5.99. The third-order valence-electron chi connectivity index (χ3n) is 3.52. The Bertz CT molecular complexity index is 1040. The number of nitrogens with one attached hydrogen (secondary N) is 1. The van der Waals surface area contributed by atoms with Crippen molar-refractivity contribution in [2.45, 2.75) is 0 Å². The lowest BCUT2D eigenvalue weighted by molar-refractivity contribution is 0.894. The van der Waals surface area contributed by atoms with Crippen molar-refractivity contribution < 1.29 is 0 Å². The predicted molar refractivity (Wildman–Crippen MR) is 92.2 cm³/mol. The minimum absolute atomic E-state index is 0.253. The molecule has 0 unspecified atom stereocenters. The molecule has 0 fully saturated rings. The summed E-state index contributed by atoms with van der Waals surface area (Å²) >= 11 is 3.41. The van der Waals surface area contributed by atoms with Crippen LogP contribution in [-0.2, 0) is 0 Å². The molecule has 0 atom stereocenters. The number of aromatic amines is 1. The van der Waals surface area contributed by atoms with Gasteiger partial charge in [-0.1, -0.05) is 58.4 Å². The first-order chi connectivity index (χ1) is 11.2. The van der Waals surface area contributed by atoms with Gasteiger partial charge in [-0.05, 0) is 12.1 Å². The molecule has 0 saturated carbocycles. The standard InChI is InChI=1S/C17H11BrN4O/c18-13-8-6-11(7-9-13)14-10-22-17(19-14)20-16(23)15(21-22)12-4-2-1-3-5-12/h1-10H,(H,19,20,23). The predicted octanol–water partition coefficient (Wildman–Crippen LogP) is 3.51. The number of hydrogen-bond acceptors (Lipinski definition) is 3. The highest BCUT2D eigenvalue weighted by atomic mass is 79.9. The number of nitrogens with zero attached hydrogens (tertiary/aromatic N) is 3. The maximum absolute atomic E-state index is 12.2. The molecule has 0 amide bonds. The van der Waals surface area contributed by atoms with Crippen molar-refractivity contribution in [1.82, 2.24) is 19.6 Å². The molecule has 2 heterocycles. The van der Waals surface area contributed by atoms with Gasteiger partial charge in [-0.3, -0.25) is 9.78 Å². The first-order valence-electron chi connectivity index (χ1n) is 7.02. The molecule has 4 rings (SSSR count). The van der Waals surface area contributed by atoms with Gasteiger partial charge in [0.2, 0.25) is 5.78 Å². The van der Waals surface area contributed by atoms with Crippen LogP contribution in [0.25, 0.3) is 28.3 Å². The molecular weight excluding hydrogens is 356 g/mol. The third kappa shape index (κ3) is 2.57. The molecule has 2 aromatic carbocycles. The molecule has 23 heavy (non-hydrogen) atoms. The fourth-order valence-corrected chi connectivity index (χ4v) is 2.66. The first-order valence-corrected chi connectivity index (χ1v) is 7.81. The number of aromatic nitrogens is 4. The normalized spacial score (nSPS) is 11.0. The number of fused-ring (bicyclic) bond motifs is 1. The summed E-state index contributed by atoms with van der Waals surface area (Å²) in [6.07, 6.45) is 1.81. The molecule has 0 spiro atoms. The Morgan fingerprint density at radius 2 is 1.70 bits per heavy atom. The van der Waals surface area contributed by atoms with Crippen molar-refractivity contribution in [1.29, 1.82) is 0 Å². The highest BCUT2D eigenvalue weighted by Gasteiger charge is 2.10. The van der Waals surface area contributed by atoms with E-state index in [1.165, 1.54) is 0 Å². The highest BCUT2D eigenvalue weighted by molar-refractivity contribution is 9.10. The average Bonchev–Trinajstić information content (AvgIpc) is 2.98. The lowest BCUT2D eigenvalue weighted by Gasteiger charge is -1.99. The van der Waals surface area contributed by atoms with E-state index in [2.05, 4.69) is 31.0 Å². The third-order valence-corrected chi connectivity index (χ3v) is 4.05. The van der Waals surface area contributed by atoms with Crippen LogP contribution < -0.4 is 5.56 Å². The smallest absolute Gasteiger partial charge is 0.279 e. The average molecular weight is 367 g/mol. The molecule has 6 heteroatoms. The summed E-state index contributed by atoms with van der Waals surface area (Å²) in [6.45, 7) is 0. The number of benzene rings is 2. The molecule has 4 aromatic rings. The molecule has 0 aliphatic rings. The van der Waals surface area contributed by atoms with Crippen molar-refractivity contribution in [3.63, 3.8) is 0 Å². The molecule has 1 N–H and O–H groups in total. The zero-order valence-corrected chi connectivity index (χ0v) is 13.5. The molecule has 5 nitrogen and oxygen atoms in total. The topological polar surface area (TPSA) is 63.0 Å². The lowest BCUT2D eigenvalue weighted by atomic mass is 10.2. The van der Waals surface area contributed by atoms with Crippen molar-refractivity contribution >= 4 is 21.7 Å². The van der Waals surface area contributed by atoms with Crippen LogP contribution in [0.2, 0.25) is 0 Å². The summed E-state index contributed by atoms with van der Waals surface area (Å²) in [5.41, 5.74) is 2.61. The van der Waals surface area contributed by atoms with Gasteiger partial charge in [0.15, 0.2) is 5.69 Å². The Morgan fingerprint density at radius 1 is 0.957 bits per heavy atom. The van der Waals surface area contributed by atoms with Crippen molar-refractivity contribution in [2.75, 3.05) is 0 Å². The number of imidazole rings is 1. The van der Waals surface area contributed by atoms with E-state index >= 15 is 0 Å². The Hall–Kier alpha value is -2.73. The van der Waals surface area contributed by atoms with Gasteiger partial charge in [0.1, 0.15) is 0 Å². The summed E-state index contributed by atoms with van der Waals surface area (Å²) in [5.74, 6) is 0.424. The molecule has 112 valence electrons. The van der Waals surface area contributed by atoms with Gasteiger partial charge >= 0.3 is 0 Å². The Labute approximate surface area is 139 Å². The molecule has 2 aromatic heterocycles. The van der Waals surface area contributed by atoms with Crippen LogP contribution in [0.4, 0.5) is 0 Å². The van der Waals surface area contributed by atoms with Crippen LogP contribution in [0.15, 0.2) is 70.1 Å². The molecular formula is C17H11BrN4O. The molecule has 0 saturated heterocycles. The van der Waals surface area contributed by atoms with E-state index < -0.39 is 0 Å². The highest BCUT2D eigenvalue weighted by Crippen LogP contribution is 2.21. The monoisotopic (exact) mass is 366 g/mol. The fourth-order valence-electron chi connectivity index (χ4n) is 2.39. The summed E-state index contributed by atoms with van der Waals surface area (Å²) in [5, 5.41) is 4.41. The molecule has 0 aliphatic heterocycles. The van der Waals surface area contributed by atoms with E-state index in [1.54, 1.807) is 10.7 Å². The van der Waals surface area contributed by atoms with Crippen molar-refractivity contribution in [3.8, 4) is 22.5 Å². The van der Waals surface area contributed by atoms with E-state index in [-0.39, 0.29) is 5.56 Å². The van der Waals surface area contributed by atoms with Crippen molar-refractivity contribution in [3.05, 3.63) is 75.6 Å². The van der Waals surface area contributed by atoms with E-state index in [0.29, 0.717) is 11.5 Å². The summed E-state index contributed by atoms with van der Waals surface area (Å²) in [6, 6.07) is 17.2. The summed E-state index contributed by atoms with van der Waals surface area (Å²) < 4.78 is 2.60. The van der Waals surface area contributed by atoms with Crippen molar-refractivity contribution in [2.24, 2.45) is 0 Å². The van der Waals surface area contributed by atoms with Crippen LogP contribution in [0.3, 0.4) is 0 Å². The van der Waals surface area contributed by atoms with Crippen LogP contribution in [-0.4, -0.2) is 19.6 Å². The quantitative estimate of drug-likeness (QED) is 0.590. The fraction of sp³-hybridized carbons (Fsp3) is 0. The SMILES string of the molecule is O=c1[nH]c2nc(-c3ccc(Br)cc3)cn2nc1-c1ccccc1. The Kier molecular flexibility index (Phi) is 3.31. The van der Waals surface area contributed by atoms with Gasteiger partial charge in [-0.15, -0.1) is 0 Å². The van der Waals surface area contributed by atoms with Crippen LogP contribution >= 0.6 is 15.9 Å². The minimum atomic E-state index is -0.253. The number of hydrogen-bond donors (Lipinski definition) is 1. The van der Waals surface area contributed by atoms with E-state index in [0.717, 1.165) is 21.3 Å². The van der Waals surface area contributed by atoms with E-state index in [9.17, 15) is 4.79 Å². The maximum Gasteiger partial charge on any atom is 0.279 e. The minimum Gasteiger partial charge on any atom is -0.289 e. The zero-order valence-electron chi connectivity index (χ0n) is 11.9. The van der Waals surface area contributed by atoms with Gasteiger partial charge < -0.3 is 0 Å². The van der Waals surface area contributed by atoms with Gasteiger partial charge in [-0.2, -0.15) is 5.10 Å². The first kappa shape index (κ1) is 13.9. The molecule has 0 radical (unpaired) electrons. The second-order valence-electron chi connectivity index (χ2n) is 5.07. The van der Waals surface area contributed by atoms with Crippen LogP contribution in [0, 0.1) is 0 Å². The van der Waals surface area contributed by atoms with Crippen LogP contribution in [0.1, 0.15) is 0 Å². The summed E-state index contributed by atoms with van der Waals surface area (Å²) in [4.78, 5) is 19.5. The summed E-state index contributed by atoms with van der Waals surface area (Å²) in [7, 11) is 0. The Morgan fingerprint density at radius 3 is 2.43 bits per heavy atom. The van der Waals surface area contributed by atoms with Gasteiger partial charge in [0.05, 0.1) is 11.9 Å². The van der Waals surface area contributed by atoms with Crippen LogP contribution in [0.5, 0.6) is 0 Å². The van der Waals surface area contributed by atoms with E-state index in [1.807, 2.05) is 54.6 Å². The maximum atomic E-state index is 12.2. The van der Waals surface area contributed by atoms with E-state index in [4.69, 9.17) is 0 Å². The molecule has 0 aliphatic carbocycles. The zero-order chi connectivity index (χ0) is 15.8. The largest absolute Gasteiger partial charge is 0.289 e. The van der Waals surface area contributed by atoms with Gasteiger partial charge in [0.25, 0.3) is 5.56 Å². The lowest BCUT2D eigenvalue weighted by Crippen LogP contribution is -2.14. The van der Waals surface area contributed by atoms with Gasteiger partial charge in [0, 0.05) is 15.6 Å². The van der Waals surface area contributed by atoms with Gasteiger partial charge in [-0.25, -0.2) is 9.50 Å². The number of halogens is 1. The number of rotatable bonds is 2.